The van der Waals surface area contributed by atoms with Crippen LogP contribution in [0.5, 0.6) is 0 Å². The first kappa shape index (κ1) is 25.5. The minimum absolute atomic E-state index is 0.0781. The molecule has 36 heavy (non-hydrogen) atoms. The number of rotatable bonds is 9. The lowest BCUT2D eigenvalue weighted by molar-refractivity contribution is 0.0184. The van der Waals surface area contributed by atoms with E-state index in [2.05, 4.69) is 26.5 Å². The molecule has 1 aliphatic rings. The van der Waals surface area contributed by atoms with Gasteiger partial charge >= 0.3 is 5.97 Å². The number of carbonyl (C=O) groups excluding carboxylic acids is 1. The van der Waals surface area contributed by atoms with Gasteiger partial charge in [-0.3, -0.25) is 14.8 Å². The maximum absolute atomic E-state index is 13.1. The van der Waals surface area contributed by atoms with Crippen molar-refractivity contribution in [2.75, 3.05) is 24.6 Å². The number of nitrogens with zero attached hydrogens (tertiary/aromatic N) is 5. The Balaban J connectivity index is 1.56. The van der Waals surface area contributed by atoms with Crippen LogP contribution in [0.2, 0.25) is 5.02 Å². The Morgan fingerprint density at radius 1 is 1.47 bits per heavy atom. The van der Waals surface area contributed by atoms with Crippen LogP contribution in [-0.2, 0) is 4.74 Å². The highest BCUT2D eigenvalue weighted by Gasteiger charge is 2.35. The average molecular weight is 527 g/mol. The van der Waals surface area contributed by atoms with Crippen molar-refractivity contribution in [1.82, 2.24) is 19.9 Å². The molecule has 2 atom stereocenters. The first-order valence-electron chi connectivity index (χ1n) is 11.1. The molecule has 0 amide bonds. The van der Waals surface area contributed by atoms with Crippen LogP contribution in [0, 0.1) is 24.2 Å². The van der Waals surface area contributed by atoms with Gasteiger partial charge in [0, 0.05) is 37.6 Å². The zero-order chi connectivity index (χ0) is 25.8. The Hall–Kier alpha value is -3.59. The standard InChI is InChI=1S/C24H23ClN6O4S/c1-3-8-35-18-12-31(24-30-21(22(36-24)23(33)34)16-11-27-5-6-28-16)7-4-14(18)9-17(32)20-15(10-26)19(25)13(2)29-20/h3,5-6,11,14,18,29H,1,4,7-9,12H2,2H3,(H,33,34)/t14-,18-/m0/s1. The summed E-state index contributed by atoms with van der Waals surface area (Å²) in [5, 5.41) is 19.9. The van der Waals surface area contributed by atoms with Gasteiger partial charge in [-0.2, -0.15) is 5.26 Å². The van der Waals surface area contributed by atoms with Gasteiger partial charge in [-0.05, 0) is 19.3 Å². The van der Waals surface area contributed by atoms with Crippen LogP contribution >= 0.6 is 22.9 Å². The van der Waals surface area contributed by atoms with Crippen molar-refractivity contribution in [1.29, 1.82) is 5.26 Å². The van der Waals surface area contributed by atoms with Crippen LogP contribution in [0.15, 0.2) is 31.2 Å². The molecule has 0 bridgehead atoms. The lowest BCUT2D eigenvalue weighted by Crippen LogP contribution is -2.46. The number of anilines is 1. The van der Waals surface area contributed by atoms with Gasteiger partial charge in [0.15, 0.2) is 10.9 Å². The fraction of sp³-hybridized carbons (Fsp3) is 0.333. The molecule has 3 aromatic heterocycles. The van der Waals surface area contributed by atoms with E-state index in [0.29, 0.717) is 42.6 Å². The number of H-pyrrole nitrogens is 1. The molecule has 2 N–H and O–H groups in total. The van der Waals surface area contributed by atoms with Gasteiger partial charge in [-0.15, -0.1) is 6.58 Å². The number of hydrogen-bond acceptors (Lipinski definition) is 9. The van der Waals surface area contributed by atoms with E-state index < -0.39 is 5.97 Å². The lowest BCUT2D eigenvalue weighted by atomic mass is 9.88. The molecule has 0 radical (unpaired) electrons. The summed E-state index contributed by atoms with van der Waals surface area (Å²) in [4.78, 5) is 42.7. The summed E-state index contributed by atoms with van der Waals surface area (Å²) in [7, 11) is 0. The van der Waals surface area contributed by atoms with Gasteiger partial charge in [0.1, 0.15) is 28.0 Å². The second-order valence-electron chi connectivity index (χ2n) is 8.28. The van der Waals surface area contributed by atoms with Gasteiger partial charge in [-0.25, -0.2) is 9.78 Å². The number of aromatic amines is 1. The molecular formula is C24H23ClN6O4S. The molecule has 0 saturated carbocycles. The number of carbonyl (C=O) groups is 2. The first-order valence-corrected chi connectivity index (χ1v) is 12.3. The molecule has 186 valence electrons. The van der Waals surface area contributed by atoms with Crippen molar-refractivity contribution in [3.8, 4) is 17.5 Å². The number of aromatic carboxylic acids is 1. The van der Waals surface area contributed by atoms with Crippen LogP contribution in [0.25, 0.3) is 11.4 Å². The van der Waals surface area contributed by atoms with Crippen LogP contribution in [-0.4, -0.2) is 62.6 Å². The van der Waals surface area contributed by atoms with Gasteiger partial charge < -0.3 is 19.7 Å². The largest absolute Gasteiger partial charge is 0.477 e. The van der Waals surface area contributed by atoms with E-state index in [1.54, 1.807) is 13.0 Å². The van der Waals surface area contributed by atoms with Gasteiger partial charge in [0.2, 0.25) is 0 Å². The number of halogens is 1. The molecule has 1 saturated heterocycles. The number of nitriles is 1. The smallest absolute Gasteiger partial charge is 0.348 e. The van der Waals surface area contributed by atoms with Crippen molar-refractivity contribution in [3.05, 3.63) is 58.1 Å². The van der Waals surface area contributed by atoms with Crippen molar-refractivity contribution in [2.45, 2.75) is 25.9 Å². The number of ketones is 1. The Morgan fingerprint density at radius 2 is 2.28 bits per heavy atom. The number of carboxylic acid groups (broad SMARTS) is 1. The quantitative estimate of drug-likeness (QED) is 0.310. The maximum atomic E-state index is 13.1. The summed E-state index contributed by atoms with van der Waals surface area (Å²) in [5.74, 6) is -1.42. The number of piperidine rings is 1. The third kappa shape index (κ3) is 5.16. The first-order chi connectivity index (χ1) is 17.3. The summed E-state index contributed by atoms with van der Waals surface area (Å²) >= 11 is 7.23. The molecule has 4 rings (SSSR count). The molecule has 10 nitrogen and oxygen atoms in total. The van der Waals surface area contributed by atoms with Gasteiger partial charge in [0.25, 0.3) is 0 Å². The summed E-state index contributed by atoms with van der Waals surface area (Å²) in [6.45, 7) is 6.68. The second-order valence-corrected chi connectivity index (χ2v) is 9.63. The summed E-state index contributed by atoms with van der Waals surface area (Å²) < 4.78 is 6.01. The molecule has 0 aromatic carbocycles. The van der Waals surface area contributed by atoms with Crippen molar-refractivity contribution < 1.29 is 19.4 Å². The van der Waals surface area contributed by atoms with E-state index in [4.69, 9.17) is 16.3 Å². The Bertz CT molecular complexity index is 1330. The van der Waals surface area contributed by atoms with E-state index in [1.165, 1.54) is 18.6 Å². The summed E-state index contributed by atoms with van der Waals surface area (Å²) in [6, 6.07) is 2.01. The molecule has 1 aliphatic heterocycles. The highest BCUT2D eigenvalue weighted by Crippen LogP contribution is 2.36. The van der Waals surface area contributed by atoms with Crippen molar-refractivity contribution >= 4 is 39.8 Å². The normalized spacial score (nSPS) is 17.5. The third-order valence-electron chi connectivity index (χ3n) is 5.96. The molecule has 3 aromatic rings. The molecule has 0 unspecified atom stereocenters. The number of carboxylic acids is 1. The molecule has 0 aliphatic carbocycles. The minimum atomic E-state index is -1.09. The summed E-state index contributed by atoms with van der Waals surface area (Å²) in [5.41, 5.74) is 1.58. The zero-order valence-electron chi connectivity index (χ0n) is 19.4. The van der Waals surface area contributed by atoms with E-state index in [-0.39, 0.29) is 51.1 Å². The van der Waals surface area contributed by atoms with Crippen LogP contribution in [0.3, 0.4) is 0 Å². The number of Topliss-reactive ketones (excluding diaryl/α,β-unsaturated/α-hetero) is 1. The number of thiazole rings is 1. The summed E-state index contributed by atoms with van der Waals surface area (Å²) in [6.07, 6.45) is 6.54. The average Bonchev–Trinajstić information content (AvgIpc) is 3.45. The molecule has 4 heterocycles. The topological polar surface area (TPSA) is 145 Å². The van der Waals surface area contributed by atoms with Crippen molar-refractivity contribution in [3.63, 3.8) is 0 Å². The number of aryl methyl sites for hydroxylation is 1. The van der Waals surface area contributed by atoms with Crippen LogP contribution < -0.4 is 4.90 Å². The monoisotopic (exact) mass is 526 g/mol. The number of nitrogens with one attached hydrogen (secondary N) is 1. The maximum Gasteiger partial charge on any atom is 0.348 e. The number of hydrogen-bond donors (Lipinski definition) is 2. The predicted octanol–water partition coefficient (Wildman–Crippen LogP) is 4.13. The second kappa shape index (κ2) is 11.0. The number of aromatic nitrogens is 4. The Kier molecular flexibility index (Phi) is 7.79. The number of ether oxygens (including phenoxy) is 1. The molecule has 0 spiro atoms. The fourth-order valence-electron chi connectivity index (χ4n) is 4.19. The van der Waals surface area contributed by atoms with Crippen LogP contribution in [0.1, 0.15) is 44.3 Å². The lowest BCUT2D eigenvalue weighted by Gasteiger charge is -2.38. The molecular weight excluding hydrogens is 504 g/mol. The van der Waals surface area contributed by atoms with E-state index >= 15 is 0 Å². The molecule has 12 heteroatoms. The third-order valence-corrected chi connectivity index (χ3v) is 7.54. The van der Waals surface area contributed by atoms with Gasteiger partial charge in [0.05, 0.1) is 29.5 Å². The Morgan fingerprint density at radius 3 is 2.94 bits per heavy atom. The van der Waals surface area contributed by atoms with E-state index in [1.807, 2.05) is 11.0 Å². The van der Waals surface area contributed by atoms with E-state index in [0.717, 1.165) is 11.3 Å². The van der Waals surface area contributed by atoms with E-state index in [9.17, 15) is 20.0 Å². The zero-order valence-corrected chi connectivity index (χ0v) is 21.0. The minimum Gasteiger partial charge on any atom is -0.477 e. The highest BCUT2D eigenvalue weighted by atomic mass is 35.5. The van der Waals surface area contributed by atoms with Crippen molar-refractivity contribution in [2.24, 2.45) is 5.92 Å². The van der Waals surface area contributed by atoms with Crippen LogP contribution in [0.4, 0.5) is 5.13 Å². The SMILES string of the molecule is C=CCO[C@H]1CN(c2nc(-c3cnccn3)c(C(=O)O)s2)CC[C@H]1CC(=O)c1[nH]c(C)c(Cl)c1C#N. The van der Waals surface area contributed by atoms with Gasteiger partial charge in [-0.1, -0.05) is 29.0 Å². The molecule has 1 fully saturated rings. The highest BCUT2D eigenvalue weighted by molar-refractivity contribution is 7.17. The Labute approximate surface area is 216 Å². The fourth-order valence-corrected chi connectivity index (χ4v) is 5.33. The predicted molar refractivity (Wildman–Crippen MR) is 135 cm³/mol.